The zero-order valence-electron chi connectivity index (χ0n) is 11.4. The Morgan fingerprint density at radius 3 is 2.83 bits per heavy atom. The third-order valence-corrected chi connectivity index (χ3v) is 3.63. The highest BCUT2D eigenvalue weighted by Crippen LogP contribution is 2.13. The van der Waals surface area contributed by atoms with Crippen LogP contribution in [0, 0.1) is 6.92 Å². The summed E-state index contributed by atoms with van der Waals surface area (Å²) in [7, 11) is 4.20. The third-order valence-electron chi connectivity index (χ3n) is 3.63. The summed E-state index contributed by atoms with van der Waals surface area (Å²) in [6, 6.07) is 4.08. The SMILES string of the molecule is Cc1ccc(C(=O)CC2CN(C)CCN2C)cn1. The van der Waals surface area contributed by atoms with Gasteiger partial charge in [0.1, 0.15) is 0 Å². The Kier molecular flexibility index (Phi) is 4.09. The molecule has 1 aliphatic heterocycles. The second-order valence-electron chi connectivity index (χ2n) is 5.21. The van der Waals surface area contributed by atoms with Gasteiger partial charge >= 0.3 is 0 Å². The number of piperazine rings is 1. The standard InChI is InChI=1S/C14H21N3O/c1-11-4-5-12(9-15-11)14(18)8-13-10-16(2)6-7-17(13)3/h4-5,9,13H,6-8,10H2,1-3H3. The van der Waals surface area contributed by atoms with Gasteiger partial charge in [0.15, 0.2) is 5.78 Å². The molecule has 4 heteroatoms. The minimum Gasteiger partial charge on any atom is -0.304 e. The minimum atomic E-state index is 0.189. The Hall–Kier alpha value is -1.26. The predicted octanol–water partition coefficient (Wildman–Crippen LogP) is 1.21. The highest BCUT2D eigenvalue weighted by molar-refractivity contribution is 5.96. The third kappa shape index (κ3) is 3.15. The van der Waals surface area contributed by atoms with Crippen LogP contribution < -0.4 is 0 Å². The van der Waals surface area contributed by atoms with E-state index < -0.39 is 0 Å². The number of rotatable bonds is 3. The van der Waals surface area contributed by atoms with Gasteiger partial charge in [-0.2, -0.15) is 0 Å². The van der Waals surface area contributed by atoms with E-state index in [2.05, 4.69) is 28.9 Å². The number of aryl methyl sites for hydroxylation is 1. The van der Waals surface area contributed by atoms with Gasteiger partial charge in [0.05, 0.1) is 0 Å². The van der Waals surface area contributed by atoms with E-state index in [1.54, 1.807) is 6.20 Å². The summed E-state index contributed by atoms with van der Waals surface area (Å²) in [5.41, 5.74) is 1.67. The molecule has 98 valence electrons. The van der Waals surface area contributed by atoms with E-state index in [0.717, 1.165) is 30.9 Å². The number of hydrogen-bond donors (Lipinski definition) is 0. The maximum Gasteiger partial charge on any atom is 0.166 e. The summed E-state index contributed by atoms with van der Waals surface area (Å²) in [6.07, 6.45) is 2.26. The van der Waals surface area contributed by atoms with E-state index in [0.29, 0.717) is 12.5 Å². The van der Waals surface area contributed by atoms with Gasteiger partial charge in [-0.15, -0.1) is 0 Å². The van der Waals surface area contributed by atoms with Crippen LogP contribution in [0.15, 0.2) is 18.3 Å². The van der Waals surface area contributed by atoms with Gasteiger partial charge in [-0.25, -0.2) is 0 Å². The number of likely N-dealkylation sites (N-methyl/N-ethyl adjacent to an activating group) is 2. The lowest BCUT2D eigenvalue weighted by Crippen LogP contribution is -2.50. The Morgan fingerprint density at radius 2 is 2.17 bits per heavy atom. The lowest BCUT2D eigenvalue weighted by Gasteiger charge is -2.37. The van der Waals surface area contributed by atoms with Crippen LogP contribution in [0.2, 0.25) is 0 Å². The molecule has 2 heterocycles. The van der Waals surface area contributed by atoms with Crippen molar-refractivity contribution in [3.8, 4) is 0 Å². The lowest BCUT2D eigenvalue weighted by molar-refractivity contribution is 0.0810. The van der Waals surface area contributed by atoms with Crippen LogP contribution in [-0.4, -0.2) is 60.3 Å². The fourth-order valence-electron chi connectivity index (χ4n) is 2.29. The van der Waals surface area contributed by atoms with Crippen LogP contribution in [-0.2, 0) is 0 Å². The lowest BCUT2D eigenvalue weighted by atomic mass is 10.0. The van der Waals surface area contributed by atoms with Crippen molar-refractivity contribution in [2.75, 3.05) is 33.7 Å². The highest BCUT2D eigenvalue weighted by Gasteiger charge is 2.24. The number of carbonyl (C=O) groups excluding carboxylic acids is 1. The van der Waals surface area contributed by atoms with Crippen molar-refractivity contribution in [1.82, 2.24) is 14.8 Å². The molecule has 0 radical (unpaired) electrons. The molecule has 1 fully saturated rings. The maximum absolute atomic E-state index is 12.2. The number of carbonyl (C=O) groups is 1. The Labute approximate surface area is 109 Å². The van der Waals surface area contributed by atoms with Crippen molar-refractivity contribution in [1.29, 1.82) is 0 Å². The van der Waals surface area contributed by atoms with E-state index in [1.807, 2.05) is 19.1 Å². The Balaban J connectivity index is 2.00. The summed E-state index contributed by atoms with van der Waals surface area (Å²) in [5.74, 6) is 0.189. The summed E-state index contributed by atoms with van der Waals surface area (Å²) >= 11 is 0. The molecular formula is C14H21N3O. The van der Waals surface area contributed by atoms with Crippen LogP contribution in [0.4, 0.5) is 0 Å². The summed E-state index contributed by atoms with van der Waals surface area (Å²) in [4.78, 5) is 20.9. The molecule has 1 aromatic heterocycles. The number of aromatic nitrogens is 1. The molecule has 1 saturated heterocycles. The maximum atomic E-state index is 12.2. The van der Waals surface area contributed by atoms with Gasteiger partial charge < -0.3 is 9.80 Å². The summed E-state index contributed by atoms with van der Waals surface area (Å²) in [5, 5.41) is 0. The first-order valence-corrected chi connectivity index (χ1v) is 6.41. The van der Waals surface area contributed by atoms with Crippen molar-refractivity contribution >= 4 is 5.78 Å². The Morgan fingerprint density at radius 1 is 1.39 bits per heavy atom. The van der Waals surface area contributed by atoms with Gasteiger partial charge in [-0.3, -0.25) is 9.78 Å². The second-order valence-corrected chi connectivity index (χ2v) is 5.21. The number of ketones is 1. The van der Waals surface area contributed by atoms with E-state index in [4.69, 9.17) is 0 Å². The molecular weight excluding hydrogens is 226 g/mol. The van der Waals surface area contributed by atoms with E-state index >= 15 is 0 Å². The number of hydrogen-bond acceptors (Lipinski definition) is 4. The second kappa shape index (κ2) is 5.59. The number of pyridine rings is 1. The van der Waals surface area contributed by atoms with Crippen LogP contribution >= 0.6 is 0 Å². The molecule has 18 heavy (non-hydrogen) atoms. The molecule has 1 unspecified atom stereocenters. The topological polar surface area (TPSA) is 36.4 Å². The van der Waals surface area contributed by atoms with Gasteiger partial charge in [0.25, 0.3) is 0 Å². The van der Waals surface area contributed by atoms with Crippen LogP contribution in [0.5, 0.6) is 0 Å². The van der Waals surface area contributed by atoms with Crippen LogP contribution in [0.3, 0.4) is 0 Å². The normalized spacial score (nSPS) is 22.1. The molecule has 1 aliphatic rings. The zero-order valence-corrected chi connectivity index (χ0v) is 11.4. The summed E-state index contributed by atoms with van der Waals surface area (Å²) in [6.45, 7) is 4.99. The molecule has 0 amide bonds. The van der Waals surface area contributed by atoms with E-state index in [1.165, 1.54) is 0 Å². The summed E-state index contributed by atoms with van der Waals surface area (Å²) < 4.78 is 0. The molecule has 2 rings (SSSR count). The fourth-order valence-corrected chi connectivity index (χ4v) is 2.29. The number of nitrogens with zero attached hydrogens (tertiary/aromatic N) is 3. The molecule has 1 aromatic rings. The monoisotopic (exact) mass is 247 g/mol. The largest absolute Gasteiger partial charge is 0.304 e. The highest BCUT2D eigenvalue weighted by atomic mass is 16.1. The molecule has 0 aliphatic carbocycles. The van der Waals surface area contributed by atoms with Gasteiger partial charge in [0.2, 0.25) is 0 Å². The van der Waals surface area contributed by atoms with Gasteiger partial charge in [-0.05, 0) is 33.2 Å². The smallest absolute Gasteiger partial charge is 0.166 e. The Bertz CT molecular complexity index is 416. The molecule has 0 spiro atoms. The van der Waals surface area contributed by atoms with Crippen LogP contribution in [0.1, 0.15) is 22.5 Å². The predicted molar refractivity (Wildman–Crippen MR) is 71.8 cm³/mol. The quantitative estimate of drug-likeness (QED) is 0.752. The first kappa shape index (κ1) is 13.2. The molecule has 4 nitrogen and oxygen atoms in total. The number of Topliss-reactive ketones (excluding diaryl/α,β-unsaturated/α-hetero) is 1. The average molecular weight is 247 g/mol. The van der Waals surface area contributed by atoms with Crippen molar-refractivity contribution in [2.45, 2.75) is 19.4 Å². The molecule has 0 N–H and O–H groups in total. The zero-order chi connectivity index (χ0) is 13.1. The van der Waals surface area contributed by atoms with Crippen molar-refractivity contribution in [3.63, 3.8) is 0 Å². The molecule has 0 bridgehead atoms. The van der Waals surface area contributed by atoms with Gasteiger partial charge in [-0.1, -0.05) is 0 Å². The molecule has 0 saturated carbocycles. The van der Waals surface area contributed by atoms with E-state index in [9.17, 15) is 4.79 Å². The van der Waals surface area contributed by atoms with Crippen molar-refractivity contribution in [2.24, 2.45) is 0 Å². The minimum absolute atomic E-state index is 0.189. The fraction of sp³-hybridized carbons (Fsp3) is 0.571. The van der Waals surface area contributed by atoms with Gasteiger partial charge in [0, 0.05) is 49.6 Å². The van der Waals surface area contributed by atoms with E-state index in [-0.39, 0.29) is 5.78 Å². The first-order chi connectivity index (χ1) is 8.56. The first-order valence-electron chi connectivity index (χ1n) is 6.41. The average Bonchev–Trinajstić information content (AvgIpc) is 2.34. The molecule has 0 aromatic carbocycles. The van der Waals surface area contributed by atoms with Crippen molar-refractivity contribution in [3.05, 3.63) is 29.6 Å². The van der Waals surface area contributed by atoms with Crippen molar-refractivity contribution < 1.29 is 4.79 Å². The van der Waals surface area contributed by atoms with Crippen LogP contribution in [0.25, 0.3) is 0 Å². The molecule has 1 atom stereocenters.